The van der Waals surface area contributed by atoms with Crippen molar-refractivity contribution in [2.24, 2.45) is 0 Å². The van der Waals surface area contributed by atoms with Crippen molar-refractivity contribution in [3.05, 3.63) is 26.6 Å². The number of aromatic nitrogens is 1. The lowest BCUT2D eigenvalue weighted by atomic mass is 10.2. The van der Waals surface area contributed by atoms with Gasteiger partial charge in [0.1, 0.15) is 11.8 Å². The number of hydrogen-bond acceptors (Lipinski definition) is 3. The fourth-order valence-corrected chi connectivity index (χ4v) is 1.63. The first kappa shape index (κ1) is 11.8. The van der Waals surface area contributed by atoms with Crippen molar-refractivity contribution in [1.82, 2.24) is 4.98 Å². The molecule has 0 radical (unpaired) electrons. The highest BCUT2D eigenvalue weighted by Gasteiger charge is 2.17. The van der Waals surface area contributed by atoms with Crippen LogP contribution in [0.4, 0.5) is 8.78 Å². The summed E-state index contributed by atoms with van der Waals surface area (Å²) in [7, 11) is 0. The lowest BCUT2D eigenvalue weighted by Gasteiger charge is -2.05. The third-order valence-corrected chi connectivity index (χ3v) is 2.76. The number of nitriles is 2. The van der Waals surface area contributed by atoms with Gasteiger partial charge in [-0.2, -0.15) is 10.5 Å². The van der Waals surface area contributed by atoms with Gasteiger partial charge in [-0.1, -0.05) is 0 Å². The van der Waals surface area contributed by atoms with Crippen LogP contribution < -0.4 is 0 Å². The molecule has 1 heterocycles. The van der Waals surface area contributed by atoms with Crippen LogP contribution in [-0.4, -0.2) is 4.98 Å². The lowest BCUT2D eigenvalue weighted by molar-refractivity contribution is 0.144. The Hall–Kier alpha value is -1.28. The van der Waals surface area contributed by atoms with E-state index >= 15 is 0 Å². The van der Waals surface area contributed by atoms with Crippen LogP contribution in [0.2, 0.25) is 0 Å². The van der Waals surface area contributed by atoms with Gasteiger partial charge in [-0.3, -0.25) is 0 Å². The molecule has 0 saturated heterocycles. The van der Waals surface area contributed by atoms with Gasteiger partial charge in [-0.25, -0.2) is 13.8 Å². The van der Waals surface area contributed by atoms with E-state index in [1.54, 1.807) is 34.7 Å². The smallest absolute Gasteiger partial charge is 0.250 e. The molecule has 0 aliphatic heterocycles. The Balaban J connectivity index is 3.35. The van der Waals surface area contributed by atoms with Crippen molar-refractivity contribution >= 4 is 22.6 Å². The van der Waals surface area contributed by atoms with Gasteiger partial charge in [0.05, 0.1) is 27.3 Å². The zero-order valence-corrected chi connectivity index (χ0v) is 9.49. The Morgan fingerprint density at radius 3 is 2.60 bits per heavy atom. The van der Waals surface area contributed by atoms with E-state index in [1.165, 1.54) is 6.07 Å². The first-order chi connectivity index (χ1) is 7.10. The van der Waals surface area contributed by atoms with E-state index in [1.807, 2.05) is 0 Å². The van der Waals surface area contributed by atoms with Crippen LogP contribution in [0.15, 0.2) is 6.07 Å². The average Bonchev–Trinajstić information content (AvgIpc) is 2.20. The molecule has 6 heteroatoms. The van der Waals surface area contributed by atoms with Gasteiger partial charge in [0.25, 0.3) is 6.43 Å². The average molecular weight is 319 g/mol. The van der Waals surface area contributed by atoms with Gasteiger partial charge in [0, 0.05) is 0 Å². The minimum Gasteiger partial charge on any atom is -0.250 e. The van der Waals surface area contributed by atoms with Gasteiger partial charge in [-0.05, 0) is 28.7 Å². The Morgan fingerprint density at radius 2 is 2.13 bits per heavy atom. The van der Waals surface area contributed by atoms with E-state index in [9.17, 15) is 8.78 Å². The molecule has 0 N–H and O–H groups in total. The molecule has 1 aromatic rings. The number of nitrogens with zero attached hydrogens (tertiary/aromatic N) is 3. The molecular weight excluding hydrogens is 315 g/mol. The molecule has 0 unspecified atom stereocenters. The molecule has 76 valence electrons. The molecule has 0 aliphatic rings. The second-order valence-electron chi connectivity index (χ2n) is 2.61. The fraction of sp³-hybridized carbons (Fsp3) is 0.222. The minimum atomic E-state index is -2.73. The van der Waals surface area contributed by atoms with Crippen LogP contribution in [0.5, 0.6) is 0 Å². The number of halogens is 3. The molecule has 1 rings (SSSR count). The maximum Gasteiger partial charge on any atom is 0.281 e. The van der Waals surface area contributed by atoms with Crippen LogP contribution in [0.25, 0.3) is 0 Å². The monoisotopic (exact) mass is 319 g/mol. The van der Waals surface area contributed by atoms with Crippen molar-refractivity contribution in [2.45, 2.75) is 12.8 Å². The van der Waals surface area contributed by atoms with Crippen molar-refractivity contribution in [1.29, 1.82) is 10.5 Å². The summed E-state index contributed by atoms with van der Waals surface area (Å²) < 4.78 is 25.2. The normalized spacial score (nSPS) is 9.73. The standard InChI is InChI=1S/C9H4F2IN3/c10-9(11)8-7(12)5(4-14)3-6(15-8)1-2-13/h3,9H,1H2. The highest BCUT2D eigenvalue weighted by Crippen LogP contribution is 2.25. The molecule has 0 aliphatic carbocycles. The maximum atomic E-state index is 12.5. The Kier molecular flexibility index (Phi) is 3.92. The summed E-state index contributed by atoms with van der Waals surface area (Å²) in [5.74, 6) is 0. The van der Waals surface area contributed by atoms with E-state index in [4.69, 9.17) is 10.5 Å². The summed E-state index contributed by atoms with van der Waals surface area (Å²) in [4.78, 5) is 3.64. The predicted octanol–water partition coefficient (Wildman–Crippen LogP) is 2.56. The van der Waals surface area contributed by atoms with Gasteiger partial charge >= 0.3 is 0 Å². The topological polar surface area (TPSA) is 60.5 Å². The zero-order chi connectivity index (χ0) is 11.4. The number of pyridine rings is 1. The third kappa shape index (κ3) is 2.60. The van der Waals surface area contributed by atoms with E-state index in [-0.39, 0.29) is 21.2 Å². The van der Waals surface area contributed by atoms with Crippen LogP contribution in [0.3, 0.4) is 0 Å². The second-order valence-corrected chi connectivity index (χ2v) is 3.69. The SMILES string of the molecule is N#CCc1cc(C#N)c(I)c(C(F)F)n1. The van der Waals surface area contributed by atoms with Gasteiger partial charge in [0.15, 0.2) is 0 Å². The lowest BCUT2D eigenvalue weighted by Crippen LogP contribution is -2.02. The maximum absolute atomic E-state index is 12.5. The third-order valence-electron chi connectivity index (χ3n) is 1.62. The summed E-state index contributed by atoms with van der Waals surface area (Å²) in [5.41, 5.74) is -0.101. The Labute approximate surface area is 98.5 Å². The van der Waals surface area contributed by atoms with Crippen LogP contribution in [-0.2, 0) is 6.42 Å². The molecule has 0 atom stereocenters. The van der Waals surface area contributed by atoms with Crippen LogP contribution in [0.1, 0.15) is 23.4 Å². The second kappa shape index (κ2) is 4.99. The zero-order valence-electron chi connectivity index (χ0n) is 7.34. The highest BCUT2D eigenvalue weighted by molar-refractivity contribution is 14.1. The quantitative estimate of drug-likeness (QED) is 0.787. The summed E-state index contributed by atoms with van der Waals surface area (Å²) in [6.45, 7) is 0. The Morgan fingerprint density at radius 1 is 1.47 bits per heavy atom. The highest BCUT2D eigenvalue weighted by atomic mass is 127. The first-order valence-electron chi connectivity index (χ1n) is 3.84. The number of alkyl halides is 2. The van der Waals surface area contributed by atoms with Crippen LogP contribution >= 0.6 is 22.6 Å². The fourth-order valence-electron chi connectivity index (χ4n) is 1.00. The molecule has 0 amide bonds. The van der Waals surface area contributed by atoms with Gasteiger partial charge in [0.2, 0.25) is 0 Å². The van der Waals surface area contributed by atoms with Crippen molar-refractivity contribution < 1.29 is 8.78 Å². The molecular formula is C9H4F2IN3. The molecule has 0 aromatic carbocycles. The molecule has 3 nitrogen and oxygen atoms in total. The van der Waals surface area contributed by atoms with Crippen molar-refractivity contribution in [2.75, 3.05) is 0 Å². The molecule has 0 fully saturated rings. The summed E-state index contributed by atoms with van der Waals surface area (Å²) in [5, 5.41) is 17.1. The largest absolute Gasteiger partial charge is 0.281 e. The molecule has 15 heavy (non-hydrogen) atoms. The van der Waals surface area contributed by atoms with Crippen molar-refractivity contribution in [3.8, 4) is 12.1 Å². The Bertz CT molecular complexity index is 460. The molecule has 0 spiro atoms. The number of hydrogen-bond donors (Lipinski definition) is 0. The van der Waals surface area contributed by atoms with Gasteiger partial charge < -0.3 is 0 Å². The summed E-state index contributed by atoms with van der Waals surface area (Å²) in [6.07, 6.45) is -2.81. The van der Waals surface area contributed by atoms with Gasteiger partial charge in [-0.15, -0.1) is 0 Å². The van der Waals surface area contributed by atoms with E-state index in [2.05, 4.69) is 4.98 Å². The molecule has 0 saturated carbocycles. The minimum absolute atomic E-state index is 0.0781. The van der Waals surface area contributed by atoms with E-state index in [0.717, 1.165) is 0 Å². The summed E-state index contributed by atoms with van der Waals surface area (Å²) in [6, 6.07) is 4.96. The van der Waals surface area contributed by atoms with E-state index in [0.29, 0.717) is 0 Å². The molecule has 1 aromatic heterocycles. The predicted molar refractivity (Wildman–Crippen MR) is 55.9 cm³/mol. The van der Waals surface area contributed by atoms with Crippen molar-refractivity contribution in [3.63, 3.8) is 0 Å². The summed E-state index contributed by atoms with van der Waals surface area (Å²) >= 11 is 1.65. The van der Waals surface area contributed by atoms with E-state index < -0.39 is 12.1 Å². The first-order valence-corrected chi connectivity index (χ1v) is 4.92. The molecule has 0 bridgehead atoms. The number of rotatable bonds is 2. The van der Waals surface area contributed by atoms with Crippen LogP contribution in [0, 0.1) is 26.2 Å².